The molecule has 7 heteroatoms. The summed E-state index contributed by atoms with van der Waals surface area (Å²) in [6, 6.07) is 5.57. The molecule has 0 aliphatic carbocycles. The first kappa shape index (κ1) is 16.3. The van der Waals surface area contributed by atoms with Crippen molar-refractivity contribution in [2.45, 2.75) is 13.8 Å². The van der Waals surface area contributed by atoms with Gasteiger partial charge >= 0.3 is 7.60 Å². The van der Waals surface area contributed by atoms with Crippen LogP contribution in [0.15, 0.2) is 23.5 Å². The Morgan fingerprint density at radius 2 is 1.95 bits per heavy atom. The van der Waals surface area contributed by atoms with Crippen molar-refractivity contribution in [3.63, 3.8) is 0 Å². The van der Waals surface area contributed by atoms with Crippen molar-refractivity contribution in [1.82, 2.24) is 0 Å². The molecule has 0 bridgehead atoms. The van der Waals surface area contributed by atoms with Gasteiger partial charge in [0.2, 0.25) is 0 Å². The van der Waals surface area contributed by atoms with Crippen LogP contribution in [0.3, 0.4) is 0 Å². The summed E-state index contributed by atoms with van der Waals surface area (Å²) in [7, 11) is -3.72. The molecule has 0 heterocycles. The Morgan fingerprint density at radius 3 is 2.45 bits per heavy atom. The normalized spacial score (nSPS) is 12.2. The second-order valence-electron chi connectivity index (χ2n) is 3.72. The zero-order chi connectivity index (χ0) is 15.2. The zero-order valence-electron chi connectivity index (χ0n) is 11.2. The van der Waals surface area contributed by atoms with Crippen LogP contribution in [0.2, 0.25) is 0 Å². The third kappa shape index (κ3) is 3.84. The van der Waals surface area contributed by atoms with E-state index in [4.69, 9.17) is 14.3 Å². The number of nitrogens with zero attached hydrogens (tertiary/aromatic N) is 1. The molecule has 0 fully saturated rings. The lowest BCUT2D eigenvalue weighted by Crippen LogP contribution is -1.97. The highest BCUT2D eigenvalue weighted by Gasteiger charge is 2.30. The van der Waals surface area contributed by atoms with Gasteiger partial charge in [-0.15, -0.1) is 0 Å². The molecule has 0 atom stereocenters. The van der Waals surface area contributed by atoms with E-state index in [0.717, 1.165) is 0 Å². The zero-order valence-corrected chi connectivity index (χ0v) is 12.1. The standard InChI is InChI=1S/C13H16NO5P/c1-3-18-20(17,19-4-2)12(9-14)8-10-7-11(15)5-6-13(10)16/h5-8,15-16H,3-4H2,1-2H3/b12-8-. The highest BCUT2D eigenvalue weighted by atomic mass is 31.2. The van der Waals surface area contributed by atoms with E-state index in [9.17, 15) is 14.8 Å². The van der Waals surface area contributed by atoms with Gasteiger partial charge in [-0.05, 0) is 38.1 Å². The molecule has 0 saturated heterocycles. The molecule has 2 N–H and O–H groups in total. The van der Waals surface area contributed by atoms with E-state index in [2.05, 4.69) is 0 Å². The lowest BCUT2D eigenvalue weighted by atomic mass is 10.2. The topological polar surface area (TPSA) is 99.8 Å². The minimum absolute atomic E-state index is 0.0889. The van der Waals surface area contributed by atoms with Gasteiger partial charge in [0, 0.05) is 5.56 Å². The van der Waals surface area contributed by atoms with Gasteiger partial charge in [0.05, 0.1) is 13.2 Å². The number of nitriles is 1. The molecule has 20 heavy (non-hydrogen) atoms. The number of allylic oxidation sites excluding steroid dienone is 1. The summed E-state index contributed by atoms with van der Waals surface area (Å²) >= 11 is 0. The summed E-state index contributed by atoms with van der Waals surface area (Å²) in [5.41, 5.74) is 0.154. The van der Waals surface area contributed by atoms with E-state index in [-0.39, 0.29) is 35.6 Å². The Labute approximate surface area is 117 Å². The summed E-state index contributed by atoms with van der Waals surface area (Å²) in [4.78, 5) is 0. The lowest BCUT2D eigenvalue weighted by Gasteiger charge is -2.15. The maximum Gasteiger partial charge on any atom is 0.371 e. The second kappa shape index (κ2) is 7.11. The van der Waals surface area contributed by atoms with E-state index in [1.807, 2.05) is 0 Å². The van der Waals surface area contributed by atoms with Gasteiger partial charge in [0.15, 0.2) is 0 Å². The van der Waals surface area contributed by atoms with Crippen molar-refractivity contribution in [1.29, 1.82) is 5.26 Å². The second-order valence-corrected chi connectivity index (χ2v) is 5.71. The average Bonchev–Trinajstić information content (AvgIpc) is 2.40. The van der Waals surface area contributed by atoms with Gasteiger partial charge in [-0.1, -0.05) is 0 Å². The minimum atomic E-state index is -3.72. The summed E-state index contributed by atoms with van der Waals surface area (Å²) in [5.74, 6) is -0.246. The van der Waals surface area contributed by atoms with E-state index in [1.165, 1.54) is 24.3 Å². The summed E-state index contributed by atoms with van der Waals surface area (Å²) in [5, 5.41) is 28.0. The molecule has 0 aliphatic heterocycles. The molecule has 1 aromatic carbocycles. The van der Waals surface area contributed by atoms with E-state index < -0.39 is 7.60 Å². The monoisotopic (exact) mass is 297 g/mol. The lowest BCUT2D eigenvalue weighted by molar-refractivity contribution is 0.227. The molecule has 0 radical (unpaired) electrons. The Hall–Kier alpha value is -1.80. The highest BCUT2D eigenvalue weighted by molar-refractivity contribution is 7.59. The van der Waals surface area contributed by atoms with Gasteiger partial charge in [0.25, 0.3) is 0 Å². The molecule has 1 aromatic rings. The largest absolute Gasteiger partial charge is 0.508 e. The first-order chi connectivity index (χ1) is 9.46. The fourth-order valence-electron chi connectivity index (χ4n) is 1.49. The van der Waals surface area contributed by atoms with Crippen molar-refractivity contribution < 1.29 is 23.8 Å². The fourth-order valence-corrected chi connectivity index (χ4v) is 2.95. The van der Waals surface area contributed by atoms with Crippen LogP contribution in [0.1, 0.15) is 19.4 Å². The highest BCUT2D eigenvalue weighted by Crippen LogP contribution is 2.56. The number of phenolic OH excluding ortho intramolecular Hbond substituents is 2. The van der Waals surface area contributed by atoms with Crippen LogP contribution in [-0.2, 0) is 13.6 Å². The number of benzene rings is 1. The van der Waals surface area contributed by atoms with Crippen molar-refractivity contribution in [3.8, 4) is 17.6 Å². The van der Waals surface area contributed by atoms with Crippen molar-refractivity contribution in [3.05, 3.63) is 29.1 Å². The molecule has 0 spiro atoms. The van der Waals surface area contributed by atoms with Crippen LogP contribution in [0.25, 0.3) is 6.08 Å². The molecule has 0 aliphatic rings. The fraction of sp³-hybridized carbons (Fsp3) is 0.308. The van der Waals surface area contributed by atoms with Crippen molar-refractivity contribution in [2.24, 2.45) is 0 Å². The Bertz CT molecular complexity index is 581. The Kier molecular flexibility index (Phi) is 5.78. The summed E-state index contributed by atoms with van der Waals surface area (Å²) < 4.78 is 22.6. The quantitative estimate of drug-likeness (QED) is 0.475. The average molecular weight is 297 g/mol. The Balaban J connectivity index is 3.29. The van der Waals surface area contributed by atoms with Gasteiger partial charge in [-0.3, -0.25) is 4.57 Å². The third-order valence-corrected chi connectivity index (χ3v) is 4.33. The van der Waals surface area contributed by atoms with E-state index in [1.54, 1.807) is 19.9 Å². The minimum Gasteiger partial charge on any atom is -0.508 e. The van der Waals surface area contributed by atoms with E-state index in [0.29, 0.717) is 0 Å². The van der Waals surface area contributed by atoms with Gasteiger partial charge in [-0.2, -0.15) is 5.26 Å². The van der Waals surface area contributed by atoms with E-state index >= 15 is 0 Å². The number of hydrogen-bond acceptors (Lipinski definition) is 6. The molecular formula is C13H16NO5P. The predicted molar refractivity (Wildman–Crippen MR) is 74.2 cm³/mol. The van der Waals surface area contributed by atoms with Crippen LogP contribution >= 0.6 is 7.60 Å². The molecule has 0 saturated carbocycles. The Morgan fingerprint density at radius 1 is 1.35 bits per heavy atom. The number of rotatable bonds is 6. The van der Waals surface area contributed by atoms with Crippen molar-refractivity contribution in [2.75, 3.05) is 13.2 Å². The van der Waals surface area contributed by atoms with Crippen LogP contribution in [0.5, 0.6) is 11.5 Å². The first-order valence-corrected chi connectivity index (χ1v) is 7.54. The van der Waals surface area contributed by atoms with Gasteiger partial charge in [0.1, 0.15) is 22.9 Å². The predicted octanol–water partition coefficient (Wildman–Crippen LogP) is 3.23. The molecule has 1 rings (SSSR count). The van der Waals surface area contributed by atoms with Crippen LogP contribution in [0.4, 0.5) is 0 Å². The maximum absolute atomic E-state index is 12.5. The molecular weight excluding hydrogens is 281 g/mol. The molecule has 6 nitrogen and oxygen atoms in total. The molecule has 0 aromatic heterocycles. The van der Waals surface area contributed by atoms with Crippen LogP contribution in [0, 0.1) is 11.3 Å². The SMILES string of the molecule is CCOP(=O)(OCC)/C(C#N)=C\c1cc(O)ccc1O. The summed E-state index contributed by atoms with van der Waals surface area (Å²) in [6.45, 7) is 3.49. The molecule has 0 amide bonds. The van der Waals surface area contributed by atoms with Gasteiger partial charge < -0.3 is 19.3 Å². The number of aromatic hydroxyl groups is 2. The maximum atomic E-state index is 12.5. The molecule has 108 valence electrons. The number of hydrogen-bond donors (Lipinski definition) is 2. The first-order valence-electron chi connectivity index (χ1n) is 6.00. The summed E-state index contributed by atoms with van der Waals surface area (Å²) in [6.07, 6.45) is 1.18. The molecule has 0 unspecified atom stereocenters. The number of phenols is 2. The smallest absolute Gasteiger partial charge is 0.371 e. The van der Waals surface area contributed by atoms with Crippen molar-refractivity contribution >= 4 is 13.7 Å². The third-order valence-electron chi connectivity index (χ3n) is 2.31. The van der Waals surface area contributed by atoms with Crippen LogP contribution in [-0.4, -0.2) is 23.4 Å². The van der Waals surface area contributed by atoms with Crippen LogP contribution < -0.4 is 0 Å². The van der Waals surface area contributed by atoms with Gasteiger partial charge in [-0.25, -0.2) is 0 Å².